The molecule has 0 unspecified atom stereocenters. The highest BCUT2D eigenvalue weighted by Crippen LogP contribution is 2.35. The predicted octanol–water partition coefficient (Wildman–Crippen LogP) is 10.4. The molecular weight excluding hydrogens is 603 g/mol. The Morgan fingerprint density at radius 3 is 1.57 bits per heavy atom. The second-order valence-corrected chi connectivity index (χ2v) is 13.1. The van der Waals surface area contributed by atoms with E-state index < -0.39 is 32.5 Å². The molecule has 0 saturated heterocycles. The molecular formula is C37H65O8P. The van der Waals surface area contributed by atoms with E-state index in [2.05, 4.69) is 67.0 Å². The molecule has 0 aromatic rings. The standard InChI is InChI=1S/C37H65O8P/c1-3-5-7-9-11-13-15-17-18-20-22-24-26-28-30-32-37(39)45-35(34-44-46(40,41)42)33-43-36(38)31-29-27-25-23-21-19-16-14-12-10-8-6-4-2/h5,7,11,13,17-18,22,24,35H,3-4,6,8-10,12,14-16,19-21,23,25-34H2,1-2H3,(H2,40,41,42)/b7-5-,13-11-,18-17-,24-22-/t35-/m1/s1. The van der Waals surface area contributed by atoms with Crippen LogP contribution in [0.3, 0.4) is 0 Å². The van der Waals surface area contributed by atoms with Gasteiger partial charge in [0.05, 0.1) is 6.61 Å². The molecule has 8 nitrogen and oxygen atoms in total. The van der Waals surface area contributed by atoms with Gasteiger partial charge < -0.3 is 19.3 Å². The lowest BCUT2D eigenvalue weighted by atomic mass is 10.0. The largest absolute Gasteiger partial charge is 0.469 e. The van der Waals surface area contributed by atoms with Gasteiger partial charge in [-0.05, 0) is 51.4 Å². The number of esters is 2. The minimum Gasteiger partial charge on any atom is -0.462 e. The van der Waals surface area contributed by atoms with E-state index in [9.17, 15) is 14.2 Å². The predicted molar refractivity (Wildman–Crippen MR) is 188 cm³/mol. The van der Waals surface area contributed by atoms with E-state index >= 15 is 0 Å². The molecule has 0 aliphatic carbocycles. The summed E-state index contributed by atoms with van der Waals surface area (Å²) in [6.45, 7) is 3.51. The van der Waals surface area contributed by atoms with Crippen LogP contribution in [0, 0.1) is 0 Å². The molecule has 0 aromatic heterocycles. The number of rotatable bonds is 32. The Morgan fingerprint density at radius 1 is 0.587 bits per heavy atom. The number of phosphoric acid groups is 1. The van der Waals surface area contributed by atoms with Crippen LogP contribution in [-0.4, -0.2) is 41.0 Å². The Hall–Kier alpha value is -1.99. The summed E-state index contributed by atoms with van der Waals surface area (Å²) < 4.78 is 26.2. The zero-order chi connectivity index (χ0) is 34.0. The number of unbranched alkanes of at least 4 members (excludes halogenated alkanes) is 14. The van der Waals surface area contributed by atoms with Gasteiger partial charge in [0, 0.05) is 12.8 Å². The smallest absolute Gasteiger partial charge is 0.462 e. The van der Waals surface area contributed by atoms with Gasteiger partial charge in [-0.3, -0.25) is 14.1 Å². The third-order valence-electron chi connectivity index (χ3n) is 7.36. The number of ether oxygens (including phenoxy) is 2. The highest BCUT2D eigenvalue weighted by Gasteiger charge is 2.22. The van der Waals surface area contributed by atoms with E-state index in [0.717, 1.165) is 57.8 Å². The van der Waals surface area contributed by atoms with Crippen molar-refractivity contribution in [2.24, 2.45) is 0 Å². The van der Waals surface area contributed by atoms with Gasteiger partial charge in [0.15, 0.2) is 6.10 Å². The summed E-state index contributed by atoms with van der Waals surface area (Å²) in [5.74, 6) is -0.935. The van der Waals surface area contributed by atoms with Crippen LogP contribution in [0.25, 0.3) is 0 Å². The van der Waals surface area contributed by atoms with Crippen LogP contribution in [0.5, 0.6) is 0 Å². The Bertz CT molecular complexity index is 890. The molecule has 2 N–H and O–H groups in total. The molecule has 266 valence electrons. The average molecular weight is 669 g/mol. The molecule has 0 amide bonds. The first-order valence-electron chi connectivity index (χ1n) is 17.9. The van der Waals surface area contributed by atoms with Crippen molar-refractivity contribution in [1.82, 2.24) is 0 Å². The first-order valence-corrected chi connectivity index (χ1v) is 19.5. The lowest BCUT2D eigenvalue weighted by molar-refractivity contribution is -0.161. The van der Waals surface area contributed by atoms with Gasteiger partial charge in [0.1, 0.15) is 6.61 Å². The first-order chi connectivity index (χ1) is 22.3. The summed E-state index contributed by atoms with van der Waals surface area (Å²) in [6, 6.07) is 0. The van der Waals surface area contributed by atoms with E-state index in [0.29, 0.717) is 6.42 Å². The van der Waals surface area contributed by atoms with Crippen molar-refractivity contribution in [1.29, 1.82) is 0 Å². The highest BCUT2D eigenvalue weighted by atomic mass is 31.2. The van der Waals surface area contributed by atoms with E-state index in [1.54, 1.807) is 0 Å². The first kappa shape index (κ1) is 44.0. The van der Waals surface area contributed by atoms with Crippen molar-refractivity contribution in [3.05, 3.63) is 48.6 Å². The summed E-state index contributed by atoms with van der Waals surface area (Å²) in [4.78, 5) is 42.6. The second-order valence-electron chi connectivity index (χ2n) is 11.8. The van der Waals surface area contributed by atoms with Crippen molar-refractivity contribution in [2.45, 2.75) is 161 Å². The van der Waals surface area contributed by atoms with Gasteiger partial charge >= 0.3 is 19.8 Å². The second kappa shape index (κ2) is 32.9. The van der Waals surface area contributed by atoms with Gasteiger partial charge in [0.25, 0.3) is 0 Å². The molecule has 0 aliphatic rings. The monoisotopic (exact) mass is 668 g/mol. The Kier molecular flexibility index (Phi) is 31.5. The molecule has 0 aliphatic heterocycles. The van der Waals surface area contributed by atoms with E-state index in [1.807, 2.05) is 0 Å². The van der Waals surface area contributed by atoms with Crippen LogP contribution in [0.4, 0.5) is 0 Å². The van der Waals surface area contributed by atoms with Crippen molar-refractivity contribution in [2.75, 3.05) is 13.2 Å². The summed E-state index contributed by atoms with van der Waals surface area (Å²) in [5.41, 5.74) is 0. The van der Waals surface area contributed by atoms with E-state index in [-0.39, 0.29) is 19.4 Å². The minimum atomic E-state index is -4.76. The number of phosphoric ester groups is 1. The van der Waals surface area contributed by atoms with E-state index in [1.165, 1.54) is 64.2 Å². The van der Waals surface area contributed by atoms with Crippen LogP contribution in [0.1, 0.15) is 155 Å². The number of carbonyl (C=O) groups excluding carboxylic acids is 2. The molecule has 9 heteroatoms. The third kappa shape index (κ3) is 34.9. The van der Waals surface area contributed by atoms with Crippen molar-refractivity contribution in [3.63, 3.8) is 0 Å². The van der Waals surface area contributed by atoms with Crippen LogP contribution in [0.15, 0.2) is 48.6 Å². The number of hydrogen-bond donors (Lipinski definition) is 2. The summed E-state index contributed by atoms with van der Waals surface area (Å²) in [5, 5.41) is 0. The van der Waals surface area contributed by atoms with Gasteiger partial charge in [-0.25, -0.2) is 4.57 Å². The lowest BCUT2D eigenvalue weighted by Gasteiger charge is -2.18. The maximum absolute atomic E-state index is 12.3. The summed E-state index contributed by atoms with van der Waals surface area (Å²) in [6.07, 6.45) is 38.3. The van der Waals surface area contributed by atoms with Crippen molar-refractivity contribution in [3.8, 4) is 0 Å². The van der Waals surface area contributed by atoms with Gasteiger partial charge in [-0.1, -0.05) is 140 Å². The fourth-order valence-corrected chi connectivity index (χ4v) is 5.08. The van der Waals surface area contributed by atoms with Crippen molar-refractivity contribution < 1.29 is 37.9 Å². The topological polar surface area (TPSA) is 119 Å². The van der Waals surface area contributed by atoms with Crippen LogP contribution >= 0.6 is 7.82 Å². The molecule has 0 rings (SSSR count). The maximum atomic E-state index is 12.3. The molecule has 0 fully saturated rings. The number of hydrogen-bond acceptors (Lipinski definition) is 6. The van der Waals surface area contributed by atoms with E-state index in [4.69, 9.17) is 19.3 Å². The van der Waals surface area contributed by atoms with Crippen LogP contribution < -0.4 is 0 Å². The minimum absolute atomic E-state index is 0.160. The molecule has 0 spiro atoms. The number of allylic oxidation sites excluding steroid dienone is 8. The fourth-order valence-electron chi connectivity index (χ4n) is 4.72. The summed E-state index contributed by atoms with van der Waals surface area (Å²) >= 11 is 0. The Balaban J connectivity index is 4.07. The average Bonchev–Trinajstić information content (AvgIpc) is 3.02. The molecule has 0 heterocycles. The molecule has 0 saturated carbocycles. The Labute approximate surface area is 280 Å². The normalized spacial score (nSPS) is 13.0. The highest BCUT2D eigenvalue weighted by molar-refractivity contribution is 7.46. The molecule has 0 bridgehead atoms. The molecule has 1 atom stereocenters. The summed E-state index contributed by atoms with van der Waals surface area (Å²) in [7, 11) is -4.76. The van der Waals surface area contributed by atoms with Gasteiger partial charge in [-0.2, -0.15) is 0 Å². The molecule has 0 aromatic carbocycles. The van der Waals surface area contributed by atoms with Crippen LogP contribution in [-0.2, 0) is 28.2 Å². The quantitative estimate of drug-likeness (QED) is 0.0315. The third-order valence-corrected chi connectivity index (χ3v) is 7.85. The SMILES string of the molecule is CC/C=C\C/C=C\C/C=C\C/C=C\CCCCC(=O)O[C@H](COC(=O)CCCCCCCCCCCCCCC)COP(=O)(O)O. The van der Waals surface area contributed by atoms with Crippen molar-refractivity contribution >= 4 is 19.8 Å². The zero-order valence-corrected chi connectivity index (χ0v) is 29.9. The molecule has 0 radical (unpaired) electrons. The van der Waals surface area contributed by atoms with Gasteiger partial charge in [-0.15, -0.1) is 0 Å². The fraction of sp³-hybridized carbons (Fsp3) is 0.730. The van der Waals surface area contributed by atoms with Crippen LogP contribution in [0.2, 0.25) is 0 Å². The maximum Gasteiger partial charge on any atom is 0.469 e. The molecule has 46 heavy (non-hydrogen) atoms. The zero-order valence-electron chi connectivity index (χ0n) is 29.0. The number of carbonyl (C=O) groups is 2. The Morgan fingerprint density at radius 2 is 1.04 bits per heavy atom. The van der Waals surface area contributed by atoms with Gasteiger partial charge in [0.2, 0.25) is 0 Å². The lowest BCUT2D eigenvalue weighted by Crippen LogP contribution is -2.29.